The summed E-state index contributed by atoms with van der Waals surface area (Å²) in [5, 5.41) is 0. The van der Waals surface area contributed by atoms with E-state index in [0.29, 0.717) is 12.1 Å². The summed E-state index contributed by atoms with van der Waals surface area (Å²) < 4.78 is 43.7. The second-order valence-electron chi connectivity index (χ2n) is 4.50. The van der Waals surface area contributed by atoms with Gasteiger partial charge in [-0.3, -0.25) is 4.79 Å². The van der Waals surface area contributed by atoms with Crippen LogP contribution < -0.4 is 0 Å². The summed E-state index contributed by atoms with van der Waals surface area (Å²) in [7, 11) is 1.25. The molecule has 1 aliphatic heterocycles. The third-order valence-electron chi connectivity index (χ3n) is 3.23. The number of amides is 2. The molecule has 0 atom stereocenters. The maximum atomic E-state index is 13.1. The first-order valence-electron chi connectivity index (χ1n) is 6.20. The molecule has 1 aromatic carbocycles. The van der Waals surface area contributed by atoms with E-state index in [9.17, 15) is 22.8 Å². The van der Waals surface area contributed by atoms with Crippen molar-refractivity contribution in [3.8, 4) is 0 Å². The average Bonchev–Trinajstić information content (AvgIpc) is 2.50. The summed E-state index contributed by atoms with van der Waals surface area (Å²) in [6, 6.07) is 1.32. The van der Waals surface area contributed by atoms with Crippen molar-refractivity contribution in [2.45, 2.75) is 0 Å². The number of benzene rings is 1. The van der Waals surface area contributed by atoms with Gasteiger partial charge in [-0.05, 0) is 12.1 Å². The molecule has 0 aromatic heterocycles. The fourth-order valence-electron chi connectivity index (χ4n) is 2.08. The third-order valence-corrected chi connectivity index (χ3v) is 3.23. The van der Waals surface area contributed by atoms with Crippen LogP contribution in [-0.4, -0.2) is 55.1 Å². The number of halogens is 3. The van der Waals surface area contributed by atoms with Crippen LogP contribution in [0.15, 0.2) is 12.1 Å². The van der Waals surface area contributed by atoms with Gasteiger partial charge in [-0.15, -0.1) is 0 Å². The molecule has 0 saturated carbocycles. The van der Waals surface area contributed by atoms with Crippen molar-refractivity contribution in [3.05, 3.63) is 35.1 Å². The Bertz CT molecular complexity index is 549. The van der Waals surface area contributed by atoms with Gasteiger partial charge in [0.15, 0.2) is 17.5 Å². The van der Waals surface area contributed by atoms with Crippen LogP contribution in [0.1, 0.15) is 10.4 Å². The predicted octanol–water partition coefficient (Wildman–Crippen LogP) is 1.63. The Morgan fingerprint density at radius 3 is 1.95 bits per heavy atom. The third kappa shape index (κ3) is 3.09. The smallest absolute Gasteiger partial charge is 0.409 e. The standard InChI is InChI=1S/C13H13F3N2O3/c1-21-13(20)18-4-2-17(3-5-18)12(19)8-6-9(14)11(16)10(15)7-8/h6-7H,2-5H2,1H3. The highest BCUT2D eigenvalue weighted by Gasteiger charge is 2.26. The summed E-state index contributed by atoms with van der Waals surface area (Å²) >= 11 is 0. The SMILES string of the molecule is COC(=O)N1CCN(C(=O)c2cc(F)c(F)c(F)c2)CC1. The van der Waals surface area contributed by atoms with Crippen LogP contribution in [0, 0.1) is 17.5 Å². The maximum absolute atomic E-state index is 13.1. The highest BCUT2D eigenvalue weighted by atomic mass is 19.2. The van der Waals surface area contributed by atoms with Crippen LogP contribution in [0.3, 0.4) is 0 Å². The number of hydrogen-bond acceptors (Lipinski definition) is 3. The lowest BCUT2D eigenvalue weighted by atomic mass is 10.1. The number of hydrogen-bond donors (Lipinski definition) is 0. The molecular formula is C13H13F3N2O3. The lowest BCUT2D eigenvalue weighted by Gasteiger charge is -2.33. The second-order valence-corrected chi connectivity index (χ2v) is 4.50. The van der Waals surface area contributed by atoms with Gasteiger partial charge in [-0.1, -0.05) is 0 Å². The maximum Gasteiger partial charge on any atom is 0.409 e. The van der Waals surface area contributed by atoms with Gasteiger partial charge in [0.1, 0.15) is 0 Å². The highest BCUT2D eigenvalue weighted by molar-refractivity contribution is 5.94. The molecule has 0 N–H and O–H groups in total. The Labute approximate surface area is 118 Å². The van der Waals surface area contributed by atoms with E-state index >= 15 is 0 Å². The normalized spacial score (nSPS) is 15.0. The predicted molar refractivity (Wildman–Crippen MR) is 66.2 cm³/mol. The van der Waals surface area contributed by atoms with Gasteiger partial charge in [-0.25, -0.2) is 18.0 Å². The molecule has 1 fully saturated rings. The molecule has 0 spiro atoms. The van der Waals surface area contributed by atoms with E-state index in [-0.39, 0.29) is 31.7 Å². The molecule has 1 aliphatic rings. The van der Waals surface area contributed by atoms with E-state index in [0.717, 1.165) is 0 Å². The van der Waals surface area contributed by atoms with Crippen LogP contribution in [-0.2, 0) is 4.74 Å². The highest BCUT2D eigenvalue weighted by Crippen LogP contribution is 2.16. The molecule has 2 amide bonds. The van der Waals surface area contributed by atoms with Crippen LogP contribution in [0.5, 0.6) is 0 Å². The summed E-state index contributed by atoms with van der Waals surface area (Å²) in [5.41, 5.74) is -0.266. The van der Waals surface area contributed by atoms with Crippen molar-refractivity contribution in [1.82, 2.24) is 9.80 Å². The lowest BCUT2D eigenvalue weighted by molar-refractivity contribution is 0.0598. The van der Waals surface area contributed by atoms with E-state index in [1.807, 2.05) is 0 Å². The first kappa shape index (κ1) is 15.1. The number of ether oxygens (including phenoxy) is 1. The van der Waals surface area contributed by atoms with Crippen LogP contribution in [0.2, 0.25) is 0 Å². The van der Waals surface area contributed by atoms with E-state index in [1.54, 1.807) is 0 Å². The molecule has 0 unspecified atom stereocenters. The van der Waals surface area contributed by atoms with Crippen molar-refractivity contribution in [2.75, 3.05) is 33.3 Å². The van der Waals surface area contributed by atoms with Crippen LogP contribution in [0.25, 0.3) is 0 Å². The second kappa shape index (κ2) is 6.02. The molecule has 114 valence electrons. The zero-order chi connectivity index (χ0) is 15.6. The quantitative estimate of drug-likeness (QED) is 0.741. The number of carbonyl (C=O) groups excluding carboxylic acids is 2. The van der Waals surface area contributed by atoms with Crippen LogP contribution >= 0.6 is 0 Å². The minimum atomic E-state index is -1.61. The minimum absolute atomic E-state index is 0.203. The molecule has 1 heterocycles. The molecule has 5 nitrogen and oxygen atoms in total. The topological polar surface area (TPSA) is 49.9 Å². The van der Waals surface area contributed by atoms with Gasteiger partial charge in [0, 0.05) is 31.7 Å². The van der Waals surface area contributed by atoms with E-state index in [2.05, 4.69) is 4.74 Å². The molecule has 21 heavy (non-hydrogen) atoms. The molecule has 0 aliphatic carbocycles. The Kier molecular flexibility index (Phi) is 4.35. The van der Waals surface area contributed by atoms with Gasteiger partial charge >= 0.3 is 6.09 Å². The zero-order valence-electron chi connectivity index (χ0n) is 11.2. The Morgan fingerprint density at radius 1 is 1.00 bits per heavy atom. The molecule has 2 rings (SSSR count). The van der Waals surface area contributed by atoms with E-state index in [1.165, 1.54) is 16.9 Å². The molecule has 1 aromatic rings. The number of piperazine rings is 1. The van der Waals surface area contributed by atoms with Crippen molar-refractivity contribution in [3.63, 3.8) is 0 Å². The minimum Gasteiger partial charge on any atom is -0.453 e. The lowest BCUT2D eigenvalue weighted by Crippen LogP contribution is -2.50. The van der Waals surface area contributed by atoms with E-state index in [4.69, 9.17) is 0 Å². The fraction of sp³-hybridized carbons (Fsp3) is 0.385. The van der Waals surface area contributed by atoms with Crippen molar-refractivity contribution in [1.29, 1.82) is 0 Å². The van der Waals surface area contributed by atoms with Gasteiger partial charge in [-0.2, -0.15) is 0 Å². The van der Waals surface area contributed by atoms with Crippen molar-refractivity contribution in [2.24, 2.45) is 0 Å². The summed E-state index contributed by atoms with van der Waals surface area (Å²) in [4.78, 5) is 26.1. The number of methoxy groups -OCH3 is 1. The summed E-state index contributed by atoms with van der Waals surface area (Å²) in [6.45, 7) is 0.915. The van der Waals surface area contributed by atoms with E-state index < -0.39 is 29.5 Å². The Morgan fingerprint density at radius 2 is 1.48 bits per heavy atom. The van der Waals surface area contributed by atoms with Crippen molar-refractivity contribution < 1.29 is 27.5 Å². The number of rotatable bonds is 1. The molecule has 0 bridgehead atoms. The average molecular weight is 302 g/mol. The van der Waals surface area contributed by atoms with Crippen molar-refractivity contribution >= 4 is 12.0 Å². The zero-order valence-corrected chi connectivity index (χ0v) is 11.2. The first-order valence-corrected chi connectivity index (χ1v) is 6.20. The summed E-state index contributed by atoms with van der Waals surface area (Å²) in [5.74, 6) is -5.04. The number of carbonyl (C=O) groups is 2. The molecule has 8 heteroatoms. The fourth-order valence-corrected chi connectivity index (χ4v) is 2.08. The molecule has 0 radical (unpaired) electrons. The molecular weight excluding hydrogens is 289 g/mol. The van der Waals surface area contributed by atoms with Crippen LogP contribution in [0.4, 0.5) is 18.0 Å². The van der Waals surface area contributed by atoms with Gasteiger partial charge in [0.25, 0.3) is 5.91 Å². The number of nitrogens with zero attached hydrogens (tertiary/aromatic N) is 2. The summed E-state index contributed by atoms with van der Waals surface area (Å²) in [6.07, 6.45) is -0.499. The molecule has 1 saturated heterocycles. The van der Waals surface area contributed by atoms with Gasteiger partial charge in [0.2, 0.25) is 0 Å². The monoisotopic (exact) mass is 302 g/mol. The Hall–Kier alpha value is -2.25. The first-order chi connectivity index (χ1) is 9.93. The largest absolute Gasteiger partial charge is 0.453 e. The van der Waals surface area contributed by atoms with Gasteiger partial charge < -0.3 is 14.5 Å². The van der Waals surface area contributed by atoms with Gasteiger partial charge in [0.05, 0.1) is 7.11 Å². The Balaban J connectivity index is 2.07.